The number of benzene rings is 1. The number of rotatable bonds is 5. The predicted octanol–water partition coefficient (Wildman–Crippen LogP) is 2.07. The third kappa shape index (κ3) is 3.37. The summed E-state index contributed by atoms with van der Waals surface area (Å²) in [7, 11) is 0. The lowest BCUT2D eigenvalue weighted by Crippen LogP contribution is -2.34. The average Bonchev–Trinajstić information content (AvgIpc) is 3.20. The second-order valence-corrected chi connectivity index (χ2v) is 6.43. The third-order valence-electron chi connectivity index (χ3n) is 3.66. The molecule has 112 valence electrons. The molecule has 1 heterocycles. The Balaban J connectivity index is 1.65. The Labute approximate surface area is 127 Å². The minimum Gasteiger partial charge on any atom is -0.353 e. The van der Waals surface area contributed by atoms with Crippen LogP contribution in [0.25, 0.3) is 0 Å². The molecule has 1 unspecified atom stereocenters. The van der Waals surface area contributed by atoms with Crippen molar-refractivity contribution >= 4 is 23.6 Å². The molecule has 2 aliphatic rings. The number of amides is 2. The van der Waals surface area contributed by atoms with Crippen molar-refractivity contribution in [3.05, 3.63) is 35.6 Å². The molecule has 2 fully saturated rings. The Morgan fingerprint density at radius 2 is 2.14 bits per heavy atom. The van der Waals surface area contributed by atoms with Crippen molar-refractivity contribution < 1.29 is 14.0 Å². The Kier molecular flexibility index (Phi) is 4.14. The summed E-state index contributed by atoms with van der Waals surface area (Å²) in [4.78, 5) is 25.3. The molecule has 0 aromatic heterocycles. The maximum atomic E-state index is 13.9. The van der Waals surface area contributed by atoms with Crippen molar-refractivity contribution in [1.29, 1.82) is 0 Å². The van der Waals surface area contributed by atoms with Gasteiger partial charge in [0.15, 0.2) is 0 Å². The number of hydrogen-bond acceptors (Lipinski definition) is 3. The van der Waals surface area contributed by atoms with Crippen molar-refractivity contribution in [3.8, 4) is 0 Å². The topological polar surface area (TPSA) is 49.4 Å². The molecule has 1 aliphatic heterocycles. The number of halogens is 1. The van der Waals surface area contributed by atoms with E-state index >= 15 is 0 Å². The summed E-state index contributed by atoms with van der Waals surface area (Å²) in [5.41, 5.74) is 0.510. The van der Waals surface area contributed by atoms with Gasteiger partial charge in [-0.3, -0.25) is 9.59 Å². The van der Waals surface area contributed by atoms with Crippen LogP contribution in [-0.2, 0) is 9.59 Å². The zero-order chi connectivity index (χ0) is 14.8. The van der Waals surface area contributed by atoms with E-state index in [0.717, 1.165) is 12.8 Å². The second kappa shape index (κ2) is 6.05. The molecule has 1 atom stereocenters. The summed E-state index contributed by atoms with van der Waals surface area (Å²) >= 11 is 1.41. The summed E-state index contributed by atoms with van der Waals surface area (Å²) < 4.78 is 13.9. The fourth-order valence-corrected chi connectivity index (χ4v) is 3.62. The van der Waals surface area contributed by atoms with Gasteiger partial charge in [0.25, 0.3) is 0 Å². The van der Waals surface area contributed by atoms with Gasteiger partial charge in [0.05, 0.1) is 5.75 Å². The molecule has 4 nitrogen and oxygen atoms in total. The van der Waals surface area contributed by atoms with E-state index in [0.29, 0.717) is 23.9 Å². The molecule has 6 heteroatoms. The zero-order valence-electron chi connectivity index (χ0n) is 11.5. The van der Waals surface area contributed by atoms with Crippen LogP contribution < -0.4 is 5.32 Å². The highest BCUT2D eigenvalue weighted by Crippen LogP contribution is 2.39. The number of thioether (sulfide) groups is 1. The van der Waals surface area contributed by atoms with Crippen molar-refractivity contribution in [2.45, 2.75) is 30.7 Å². The first-order valence-corrected chi connectivity index (χ1v) is 8.15. The number of nitrogens with one attached hydrogen (secondary N) is 1. The van der Waals surface area contributed by atoms with Gasteiger partial charge in [-0.15, -0.1) is 11.8 Å². The van der Waals surface area contributed by atoms with Crippen LogP contribution in [0.3, 0.4) is 0 Å². The van der Waals surface area contributed by atoms with Crippen molar-refractivity contribution in [3.63, 3.8) is 0 Å². The maximum Gasteiger partial charge on any atom is 0.233 e. The van der Waals surface area contributed by atoms with Gasteiger partial charge in [0.2, 0.25) is 11.8 Å². The number of nitrogens with zero attached hydrogens (tertiary/aromatic N) is 1. The zero-order valence-corrected chi connectivity index (χ0v) is 12.4. The molecule has 1 aliphatic carbocycles. The lowest BCUT2D eigenvalue weighted by molar-refractivity contribution is -0.129. The molecule has 1 saturated heterocycles. The first-order chi connectivity index (χ1) is 10.1. The van der Waals surface area contributed by atoms with E-state index in [1.165, 1.54) is 17.8 Å². The van der Waals surface area contributed by atoms with E-state index in [9.17, 15) is 14.0 Å². The smallest absolute Gasteiger partial charge is 0.233 e. The molecule has 1 saturated carbocycles. The predicted molar refractivity (Wildman–Crippen MR) is 79.1 cm³/mol. The number of carbonyl (C=O) groups is 2. The van der Waals surface area contributed by atoms with Gasteiger partial charge in [-0.1, -0.05) is 18.2 Å². The monoisotopic (exact) mass is 308 g/mol. The first kappa shape index (κ1) is 14.4. The first-order valence-electron chi connectivity index (χ1n) is 7.10. The van der Waals surface area contributed by atoms with Gasteiger partial charge in [0, 0.05) is 24.6 Å². The molecule has 1 aromatic carbocycles. The minimum absolute atomic E-state index is 0.0329. The van der Waals surface area contributed by atoms with Crippen molar-refractivity contribution in [2.24, 2.45) is 0 Å². The largest absolute Gasteiger partial charge is 0.353 e. The summed E-state index contributed by atoms with van der Waals surface area (Å²) in [5, 5.41) is 2.57. The maximum absolute atomic E-state index is 13.9. The van der Waals surface area contributed by atoms with E-state index in [-0.39, 0.29) is 29.4 Å². The summed E-state index contributed by atoms with van der Waals surface area (Å²) in [6, 6.07) is 6.82. The highest BCUT2D eigenvalue weighted by Gasteiger charge is 2.34. The Hall–Kier alpha value is -1.56. The summed E-state index contributed by atoms with van der Waals surface area (Å²) in [6.07, 6.45) is 2.36. The molecule has 1 N–H and O–H groups in total. The quantitative estimate of drug-likeness (QED) is 0.906. The molecule has 0 spiro atoms. The molecule has 3 rings (SSSR count). The molecule has 1 aromatic rings. The van der Waals surface area contributed by atoms with Crippen molar-refractivity contribution in [2.75, 3.05) is 12.3 Å². The Bertz CT molecular complexity index is 562. The molecule has 21 heavy (non-hydrogen) atoms. The third-order valence-corrected chi connectivity index (χ3v) is 4.90. The highest BCUT2D eigenvalue weighted by molar-refractivity contribution is 8.00. The fourth-order valence-electron chi connectivity index (χ4n) is 2.38. The fraction of sp³-hybridized carbons (Fsp3) is 0.467. The van der Waals surface area contributed by atoms with Crippen LogP contribution in [0.2, 0.25) is 0 Å². The summed E-state index contributed by atoms with van der Waals surface area (Å²) in [5.74, 6) is -0.0393. The lowest BCUT2D eigenvalue weighted by atomic mass is 10.2. The van der Waals surface area contributed by atoms with E-state index in [2.05, 4.69) is 5.32 Å². The van der Waals surface area contributed by atoms with Crippen LogP contribution >= 0.6 is 11.8 Å². The average molecular weight is 308 g/mol. The van der Waals surface area contributed by atoms with Gasteiger partial charge in [-0.05, 0) is 18.9 Å². The van der Waals surface area contributed by atoms with Crippen molar-refractivity contribution in [1.82, 2.24) is 10.2 Å². The van der Waals surface area contributed by atoms with Crippen LogP contribution in [0, 0.1) is 5.82 Å². The van der Waals surface area contributed by atoms with Gasteiger partial charge in [-0.25, -0.2) is 4.39 Å². The van der Waals surface area contributed by atoms with E-state index in [4.69, 9.17) is 0 Å². The van der Waals surface area contributed by atoms with Crippen LogP contribution in [0.4, 0.5) is 4.39 Å². The lowest BCUT2D eigenvalue weighted by Gasteiger charge is -2.24. The standard InChI is InChI=1S/C15H17FN2O2S/c16-12-4-2-1-3-11(12)15-18(14(20)9-21-15)8-7-13(19)17-10-5-6-10/h1-4,10,15H,5-9H2,(H,17,19). The van der Waals surface area contributed by atoms with Gasteiger partial charge in [-0.2, -0.15) is 0 Å². The number of carbonyl (C=O) groups excluding carboxylic acids is 2. The van der Waals surface area contributed by atoms with Crippen LogP contribution in [0.5, 0.6) is 0 Å². The molecular formula is C15H17FN2O2S. The molecule has 0 bridgehead atoms. The van der Waals surface area contributed by atoms with Gasteiger partial charge >= 0.3 is 0 Å². The van der Waals surface area contributed by atoms with Crippen LogP contribution in [0.1, 0.15) is 30.2 Å². The minimum atomic E-state index is -0.326. The molecular weight excluding hydrogens is 291 g/mol. The SMILES string of the molecule is O=C(CCN1C(=O)CSC1c1ccccc1F)NC1CC1. The Morgan fingerprint density at radius 1 is 1.38 bits per heavy atom. The van der Waals surface area contributed by atoms with Gasteiger partial charge in [0.1, 0.15) is 11.2 Å². The summed E-state index contributed by atoms with van der Waals surface area (Å²) in [6.45, 7) is 0.337. The van der Waals surface area contributed by atoms with E-state index in [1.54, 1.807) is 23.1 Å². The van der Waals surface area contributed by atoms with Gasteiger partial charge < -0.3 is 10.2 Å². The van der Waals surface area contributed by atoms with E-state index < -0.39 is 0 Å². The number of hydrogen-bond donors (Lipinski definition) is 1. The highest BCUT2D eigenvalue weighted by atomic mass is 32.2. The van der Waals surface area contributed by atoms with E-state index in [1.807, 2.05) is 0 Å². The normalized spacial score (nSPS) is 21.7. The molecule has 0 radical (unpaired) electrons. The van der Waals surface area contributed by atoms with Crippen LogP contribution in [-0.4, -0.2) is 35.1 Å². The second-order valence-electron chi connectivity index (χ2n) is 5.36. The molecule has 2 amide bonds. The Morgan fingerprint density at radius 3 is 2.86 bits per heavy atom. The van der Waals surface area contributed by atoms with Crippen LogP contribution in [0.15, 0.2) is 24.3 Å².